The van der Waals surface area contributed by atoms with Gasteiger partial charge in [0, 0.05) is 43.3 Å². The molecule has 152 valence electrons. The molecular weight excluding hydrogens is 371 g/mol. The number of hydrogen-bond acceptors (Lipinski definition) is 4. The molecule has 1 aromatic carbocycles. The molecule has 3 aromatic rings. The van der Waals surface area contributed by atoms with E-state index in [1.54, 1.807) is 6.20 Å². The fourth-order valence-corrected chi connectivity index (χ4v) is 4.02. The lowest BCUT2D eigenvalue weighted by molar-refractivity contribution is 0.0403. The van der Waals surface area contributed by atoms with Gasteiger partial charge in [0.25, 0.3) is 5.91 Å². The minimum atomic E-state index is -0.230. The Hall–Kier alpha value is -2.93. The Morgan fingerprint density at radius 2 is 2.03 bits per heavy atom. The Balaban J connectivity index is 1.51. The molecule has 6 nitrogen and oxygen atoms in total. The van der Waals surface area contributed by atoms with Crippen LogP contribution in [0.15, 0.2) is 42.6 Å². The summed E-state index contributed by atoms with van der Waals surface area (Å²) in [5.41, 5.74) is 2.25. The molecular formula is C22H25FN4O2. The van der Waals surface area contributed by atoms with Gasteiger partial charge in [0.2, 0.25) is 5.88 Å². The zero-order valence-electron chi connectivity index (χ0n) is 16.9. The normalized spacial score (nSPS) is 18.8. The number of nitrogens with one attached hydrogen (secondary N) is 1. The third-order valence-electron chi connectivity index (χ3n) is 5.74. The van der Waals surface area contributed by atoms with E-state index in [1.165, 1.54) is 19.2 Å². The van der Waals surface area contributed by atoms with Gasteiger partial charge in [0.15, 0.2) is 0 Å². The molecule has 4 rings (SSSR count). The molecule has 1 aliphatic heterocycles. The van der Waals surface area contributed by atoms with E-state index in [-0.39, 0.29) is 23.8 Å². The van der Waals surface area contributed by atoms with E-state index in [2.05, 4.69) is 28.7 Å². The summed E-state index contributed by atoms with van der Waals surface area (Å²) in [6.07, 6.45) is 1.80. The van der Waals surface area contributed by atoms with Gasteiger partial charge in [-0.15, -0.1) is 0 Å². The van der Waals surface area contributed by atoms with E-state index >= 15 is 0 Å². The zero-order valence-corrected chi connectivity index (χ0v) is 16.9. The number of methoxy groups -OCH3 is 1. The zero-order chi connectivity index (χ0) is 20.5. The number of hydrogen-bond donors (Lipinski definition) is 1. The lowest BCUT2D eigenvalue weighted by atomic mass is 10.0. The van der Waals surface area contributed by atoms with Crippen LogP contribution in [0.1, 0.15) is 35.8 Å². The highest BCUT2D eigenvalue weighted by Gasteiger charge is 2.32. The first-order valence-electron chi connectivity index (χ1n) is 9.80. The first-order valence-corrected chi connectivity index (χ1v) is 9.80. The van der Waals surface area contributed by atoms with Gasteiger partial charge in [-0.3, -0.25) is 9.69 Å². The fourth-order valence-electron chi connectivity index (χ4n) is 4.02. The van der Waals surface area contributed by atoms with Crippen molar-refractivity contribution in [1.82, 2.24) is 19.8 Å². The second kappa shape index (κ2) is 7.83. The summed E-state index contributed by atoms with van der Waals surface area (Å²) >= 11 is 0. The summed E-state index contributed by atoms with van der Waals surface area (Å²) in [6, 6.07) is 10.5. The maximum Gasteiger partial charge on any atom is 0.259 e. The van der Waals surface area contributed by atoms with Gasteiger partial charge in [-0.2, -0.15) is 4.98 Å². The van der Waals surface area contributed by atoms with E-state index in [4.69, 9.17) is 4.74 Å². The van der Waals surface area contributed by atoms with Gasteiger partial charge in [0.1, 0.15) is 17.0 Å². The van der Waals surface area contributed by atoms with E-state index in [0.29, 0.717) is 23.6 Å². The lowest BCUT2D eigenvalue weighted by Gasteiger charge is -2.42. The number of amides is 1. The van der Waals surface area contributed by atoms with Crippen molar-refractivity contribution in [3.8, 4) is 5.88 Å². The number of nitrogens with zero attached hydrogens (tertiary/aromatic N) is 3. The Kier molecular flexibility index (Phi) is 5.24. The molecule has 0 aliphatic carbocycles. The standard InChI is InChI=1S/C22H25FN4O2/c1-14-13-26(15(2)16-4-6-18(23)7-5-16)10-11-27(14)22(28)19-12-17-8-9-24-20(17)25-21(19)29-3/h4-9,12,14-15H,10-11,13H2,1-3H3,(H,24,25)/t14-,15-/m1/s1. The van der Waals surface area contributed by atoms with Crippen LogP contribution in [0.25, 0.3) is 11.0 Å². The van der Waals surface area contributed by atoms with Gasteiger partial charge < -0.3 is 14.6 Å². The van der Waals surface area contributed by atoms with Crippen LogP contribution in [0.3, 0.4) is 0 Å². The molecule has 0 unspecified atom stereocenters. The number of carbonyl (C=O) groups excluding carboxylic acids is 1. The second-order valence-electron chi connectivity index (χ2n) is 7.53. The van der Waals surface area contributed by atoms with Crippen molar-refractivity contribution in [2.75, 3.05) is 26.7 Å². The number of carbonyl (C=O) groups is 1. The first-order chi connectivity index (χ1) is 14.0. The number of halogens is 1. The van der Waals surface area contributed by atoms with Crippen LogP contribution < -0.4 is 4.74 Å². The molecule has 2 atom stereocenters. The molecule has 3 heterocycles. The van der Waals surface area contributed by atoms with Crippen molar-refractivity contribution in [3.63, 3.8) is 0 Å². The maximum absolute atomic E-state index is 13.3. The smallest absolute Gasteiger partial charge is 0.259 e. The number of benzene rings is 1. The number of H-pyrrole nitrogens is 1. The van der Waals surface area contributed by atoms with Crippen LogP contribution in [0.4, 0.5) is 4.39 Å². The Labute approximate surface area is 169 Å². The number of aromatic amines is 1. The minimum Gasteiger partial charge on any atom is -0.480 e. The van der Waals surface area contributed by atoms with Crippen LogP contribution in [0.5, 0.6) is 5.88 Å². The number of piperazine rings is 1. The molecule has 1 amide bonds. The molecule has 1 saturated heterocycles. The van der Waals surface area contributed by atoms with E-state index < -0.39 is 0 Å². The molecule has 29 heavy (non-hydrogen) atoms. The van der Waals surface area contributed by atoms with Crippen LogP contribution in [0, 0.1) is 5.82 Å². The third kappa shape index (κ3) is 3.70. The Bertz CT molecular complexity index is 1020. The van der Waals surface area contributed by atoms with Crippen LogP contribution in [0.2, 0.25) is 0 Å². The lowest BCUT2D eigenvalue weighted by Crippen LogP contribution is -2.54. The highest BCUT2D eigenvalue weighted by atomic mass is 19.1. The number of fused-ring (bicyclic) bond motifs is 1. The second-order valence-corrected chi connectivity index (χ2v) is 7.53. The Morgan fingerprint density at radius 1 is 1.28 bits per heavy atom. The third-order valence-corrected chi connectivity index (χ3v) is 5.74. The molecule has 0 spiro atoms. The van der Waals surface area contributed by atoms with Gasteiger partial charge in [0.05, 0.1) is 7.11 Å². The van der Waals surface area contributed by atoms with Gasteiger partial charge in [-0.05, 0) is 43.7 Å². The van der Waals surface area contributed by atoms with Crippen LogP contribution >= 0.6 is 0 Å². The number of ether oxygens (including phenoxy) is 1. The summed E-state index contributed by atoms with van der Waals surface area (Å²) in [7, 11) is 1.53. The summed E-state index contributed by atoms with van der Waals surface area (Å²) in [6.45, 7) is 6.27. The molecule has 0 bridgehead atoms. The van der Waals surface area contributed by atoms with Crippen molar-refractivity contribution < 1.29 is 13.9 Å². The summed E-state index contributed by atoms with van der Waals surface area (Å²) in [5.74, 6) is 0.0324. The molecule has 1 fully saturated rings. The first kappa shape index (κ1) is 19.4. The van der Waals surface area contributed by atoms with Crippen molar-refractivity contribution in [3.05, 3.63) is 59.5 Å². The predicted molar refractivity (Wildman–Crippen MR) is 110 cm³/mol. The average Bonchev–Trinajstić information content (AvgIpc) is 3.19. The van der Waals surface area contributed by atoms with E-state index in [0.717, 1.165) is 24.0 Å². The van der Waals surface area contributed by atoms with Crippen molar-refractivity contribution in [2.24, 2.45) is 0 Å². The Morgan fingerprint density at radius 3 is 2.72 bits per heavy atom. The summed E-state index contributed by atoms with van der Waals surface area (Å²) in [4.78, 5) is 24.9. The molecule has 2 aromatic heterocycles. The molecule has 0 radical (unpaired) electrons. The number of rotatable bonds is 4. The van der Waals surface area contributed by atoms with Crippen LogP contribution in [-0.4, -0.2) is 58.5 Å². The van der Waals surface area contributed by atoms with Gasteiger partial charge in [-0.25, -0.2) is 4.39 Å². The average molecular weight is 396 g/mol. The SMILES string of the molecule is COc1nc2[nH]ccc2cc1C(=O)N1CCN([C@H](C)c2ccc(F)cc2)C[C@H]1C. The highest BCUT2D eigenvalue weighted by molar-refractivity contribution is 5.99. The van der Waals surface area contributed by atoms with Gasteiger partial charge in [-0.1, -0.05) is 12.1 Å². The number of pyridine rings is 1. The topological polar surface area (TPSA) is 61.5 Å². The predicted octanol–water partition coefficient (Wildman–Crippen LogP) is 3.62. The summed E-state index contributed by atoms with van der Waals surface area (Å²) in [5, 5.41) is 0.880. The van der Waals surface area contributed by atoms with Crippen molar-refractivity contribution >= 4 is 16.9 Å². The number of aromatic nitrogens is 2. The van der Waals surface area contributed by atoms with Crippen LogP contribution in [-0.2, 0) is 0 Å². The molecule has 0 saturated carbocycles. The van der Waals surface area contributed by atoms with E-state index in [1.807, 2.05) is 29.2 Å². The maximum atomic E-state index is 13.3. The molecule has 7 heteroatoms. The molecule has 1 aliphatic rings. The highest BCUT2D eigenvalue weighted by Crippen LogP contribution is 2.27. The van der Waals surface area contributed by atoms with E-state index in [9.17, 15) is 9.18 Å². The summed E-state index contributed by atoms with van der Waals surface area (Å²) < 4.78 is 18.6. The fraction of sp³-hybridized carbons (Fsp3) is 0.364. The van der Waals surface area contributed by atoms with Crippen molar-refractivity contribution in [1.29, 1.82) is 0 Å². The minimum absolute atomic E-state index is 0.0331. The monoisotopic (exact) mass is 396 g/mol. The van der Waals surface area contributed by atoms with Gasteiger partial charge >= 0.3 is 0 Å². The van der Waals surface area contributed by atoms with Crippen molar-refractivity contribution in [2.45, 2.75) is 25.9 Å². The quantitative estimate of drug-likeness (QED) is 0.732. The largest absolute Gasteiger partial charge is 0.480 e. The molecule has 1 N–H and O–H groups in total.